The summed E-state index contributed by atoms with van der Waals surface area (Å²) < 4.78 is 0. The predicted octanol–water partition coefficient (Wildman–Crippen LogP) is 2.75. The van der Waals surface area contributed by atoms with Gasteiger partial charge >= 0.3 is 0 Å². The summed E-state index contributed by atoms with van der Waals surface area (Å²) in [4.78, 5) is 11.5. The molecule has 0 saturated carbocycles. The Morgan fingerprint density at radius 2 is 1.93 bits per heavy atom. The van der Waals surface area contributed by atoms with Gasteiger partial charge in [0.25, 0.3) is 0 Å². The molecule has 0 spiro atoms. The first-order valence-corrected chi connectivity index (χ1v) is 4.56. The number of aromatic hydroxyl groups is 2. The molecule has 0 unspecified atom stereocenters. The maximum absolute atomic E-state index is 11.5. The molecule has 1 rings (SSSR count). The zero-order valence-corrected chi connectivity index (χ0v) is 9.54. The van der Waals surface area contributed by atoms with Gasteiger partial charge in [-0.05, 0) is 18.1 Å². The van der Waals surface area contributed by atoms with Crippen LogP contribution in [0.1, 0.15) is 30.6 Å². The van der Waals surface area contributed by atoms with E-state index < -0.39 is 0 Å². The third-order valence-corrected chi connectivity index (χ3v) is 1.88. The predicted molar refractivity (Wildman–Crippen MR) is 60.8 cm³/mol. The van der Waals surface area contributed by atoms with E-state index in [9.17, 15) is 9.90 Å². The van der Waals surface area contributed by atoms with Gasteiger partial charge in [-0.3, -0.25) is 4.79 Å². The van der Waals surface area contributed by atoms with Crippen LogP contribution in [-0.4, -0.2) is 16.0 Å². The molecule has 0 aromatic heterocycles. The van der Waals surface area contributed by atoms with Crippen LogP contribution in [0, 0.1) is 5.92 Å². The second kappa shape index (κ2) is 5.61. The van der Waals surface area contributed by atoms with Crippen molar-refractivity contribution in [1.82, 2.24) is 0 Å². The standard InChI is InChI=1S/C11H14O3.ClH/c1-7(2)5-10(13)9-4-3-8(12)6-11(9)14;/h3-4,6-7,12,14H,5H2,1-2H3;1H. The summed E-state index contributed by atoms with van der Waals surface area (Å²) in [5.74, 6) is -0.0348. The van der Waals surface area contributed by atoms with Crippen LogP contribution in [0.3, 0.4) is 0 Å². The van der Waals surface area contributed by atoms with E-state index in [1.165, 1.54) is 18.2 Å². The summed E-state index contributed by atoms with van der Waals surface area (Å²) in [7, 11) is 0. The molecule has 0 radical (unpaired) electrons. The zero-order chi connectivity index (χ0) is 10.7. The summed E-state index contributed by atoms with van der Waals surface area (Å²) in [5.41, 5.74) is 0.275. The molecule has 1 aromatic rings. The van der Waals surface area contributed by atoms with E-state index in [1.54, 1.807) is 0 Å². The van der Waals surface area contributed by atoms with Gasteiger partial charge in [0, 0.05) is 12.5 Å². The van der Waals surface area contributed by atoms with Crippen LogP contribution < -0.4 is 0 Å². The highest BCUT2D eigenvalue weighted by Crippen LogP contribution is 2.24. The Hall–Kier alpha value is -1.22. The van der Waals surface area contributed by atoms with Crippen molar-refractivity contribution in [1.29, 1.82) is 0 Å². The van der Waals surface area contributed by atoms with E-state index >= 15 is 0 Å². The highest BCUT2D eigenvalue weighted by Gasteiger charge is 2.12. The van der Waals surface area contributed by atoms with Crippen LogP contribution >= 0.6 is 12.4 Å². The van der Waals surface area contributed by atoms with Crippen LogP contribution in [0.25, 0.3) is 0 Å². The van der Waals surface area contributed by atoms with Crippen molar-refractivity contribution in [2.24, 2.45) is 5.92 Å². The molecule has 84 valence electrons. The van der Waals surface area contributed by atoms with Gasteiger partial charge in [-0.1, -0.05) is 13.8 Å². The number of Topliss-reactive ketones (excluding diaryl/α,β-unsaturated/α-hetero) is 1. The molecule has 0 aliphatic carbocycles. The molecule has 2 N–H and O–H groups in total. The van der Waals surface area contributed by atoms with Crippen molar-refractivity contribution in [3.05, 3.63) is 23.8 Å². The molecule has 0 bridgehead atoms. The first kappa shape index (κ1) is 13.8. The fraction of sp³-hybridized carbons (Fsp3) is 0.364. The number of carbonyl (C=O) groups is 1. The molecule has 0 fully saturated rings. The number of halogens is 1. The van der Waals surface area contributed by atoms with E-state index in [-0.39, 0.29) is 41.2 Å². The highest BCUT2D eigenvalue weighted by molar-refractivity contribution is 5.98. The Labute approximate surface area is 95.2 Å². The van der Waals surface area contributed by atoms with Crippen molar-refractivity contribution < 1.29 is 15.0 Å². The van der Waals surface area contributed by atoms with E-state index in [2.05, 4.69) is 0 Å². The van der Waals surface area contributed by atoms with E-state index in [1.807, 2.05) is 13.8 Å². The van der Waals surface area contributed by atoms with E-state index in [4.69, 9.17) is 5.11 Å². The molecule has 15 heavy (non-hydrogen) atoms. The van der Waals surface area contributed by atoms with Crippen LogP contribution in [0.2, 0.25) is 0 Å². The van der Waals surface area contributed by atoms with Gasteiger partial charge in [-0.25, -0.2) is 0 Å². The number of ketones is 1. The van der Waals surface area contributed by atoms with Gasteiger partial charge in [0.05, 0.1) is 5.56 Å². The SMILES string of the molecule is CC(C)CC(=O)c1ccc(O)cc1O.Cl. The molecule has 0 atom stereocenters. The van der Waals surface area contributed by atoms with Crippen LogP contribution in [0.4, 0.5) is 0 Å². The Bertz CT molecular complexity index is 348. The minimum atomic E-state index is -0.157. The maximum Gasteiger partial charge on any atom is 0.166 e. The third-order valence-electron chi connectivity index (χ3n) is 1.88. The smallest absolute Gasteiger partial charge is 0.166 e. The molecular weight excluding hydrogens is 216 g/mol. The van der Waals surface area contributed by atoms with E-state index in [0.717, 1.165) is 0 Å². The van der Waals surface area contributed by atoms with Crippen molar-refractivity contribution in [3.63, 3.8) is 0 Å². The van der Waals surface area contributed by atoms with Crippen molar-refractivity contribution in [3.8, 4) is 11.5 Å². The molecular formula is C11H15ClO3. The lowest BCUT2D eigenvalue weighted by atomic mass is 10.0. The van der Waals surface area contributed by atoms with Gasteiger partial charge in [-0.2, -0.15) is 0 Å². The normalized spacial score (nSPS) is 9.80. The summed E-state index contributed by atoms with van der Waals surface area (Å²) in [6, 6.07) is 4.01. The fourth-order valence-corrected chi connectivity index (χ4v) is 1.24. The molecule has 0 aliphatic rings. The Balaban J connectivity index is 0.00000196. The van der Waals surface area contributed by atoms with Crippen LogP contribution in [0.15, 0.2) is 18.2 Å². The van der Waals surface area contributed by atoms with Gasteiger partial charge in [0.1, 0.15) is 11.5 Å². The quantitative estimate of drug-likeness (QED) is 0.785. The van der Waals surface area contributed by atoms with Gasteiger partial charge in [0.15, 0.2) is 5.78 Å². The topological polar surface area (TPSA) is 57.5 Å². The number of hydrogen-bond acceptors (Lipinski definition) is 3. The first-order valence-electron chi connectivity index (χ1n) is 4.56. The number of phenols is 2. The Morgan fingerprint density at radius 1 is 1.33 bits per heavy atom. The molecule has 3 nitrogen and oxygen atoms in total. The summed E-state index contributed by atoms with van der Waals surface area (Å²) in [5, 5.41) is 18.4. The lowest BCUT2D eigenvalue weighted by molar-refractivity contribution is 0.0965. The molecule has 0 amide bonds. The van der Waals surface area contributed by atoms with Gasteiger partial charge < -0.3 is 10.2 Å². The maximum atomic E-state index is 11.5. The Morgan fingerprint density at radius 3 is 2.40 bits per heavy atom. The average molecular weight is 231 g/mol. The lowest BCUT2D eigenvalue weighted by Crippen LogP contribution is -2.03. The van der Waals surface area contributed by atoms with Crippen molar-refractivity contribution >= 4 is 18.2 Å². The summed E-state index contributed by atoms with van der Waals surface area (Å²) in [6.07, 6.45) is 0.401. The minimum absolute atomic E-state index is 0. The molecule has 4 heteroatoms. The van der Waals surface area contributed by atoms with Crippen molar-refractivity contribution in [2.75, 3.05) is 0 Å². The van der Waals surface area contributed by atoms with E-state index in [0.29, 0.717) is 6.42 Å². The number of phenolic OH excluding ortho intramolecular Hbond substituents is 2. The van der Waals surface area contributed by atoms with Gasteiger partial charge in [-0.15, -0.1) is 12.4 Å². The highest BCUT2D eigenvalue weighted by atomic mass is 35.5. The number of rotatable bonds is 3. The average Bonchev–Trinajstić information content (AvgIpc) is 2.01. The third kappa shape index (κ3) is 3.80. The zero-order valence-electron chi connectivity index (χ0n) is 8.73. The van der Waals surface area contributed by atoms with Crippen LogP contribution in [0.5, 0.6) is 11.5 Å². The van der Waals surface area contributed by atoms with Gasteiger partial charge in [0.2, 0.25) is 0 Å². The monoisotopic (exact) mass is 230 g/mol. The molecule has 0 aliphatic heterocycles. The number of carbonyl (C=O) groups excluding carboxylic acids is 1. The second-order valence-corrected chi connectivity index (χ2v) is 3.72. The Kier molecular flexibility index (Phi) is 5.15. The molecule has 0 saturated heterocycles. The second-order valence-electron chi connectivity index (χ2n) is 3.72. The van der Waals surface area contributed by atoms with Crippen LogP contribution in [-0.2, 0) is 0 Å². The first-order chi connectivity index (χ1) is 6.50. The number of hydrogen-bond donors (Lipinski definition) is 2. The molecule has 1 aromatic carbocycles. The number of benzene rings is 1. The fourth-order valence-electron chi connectivity index (χ4n) is 1.24. The summed E-state index contributed by atoms with van der Waals surface area (Å²) in [6.45, 7) is 3.88. The van der Waals surface area contributed by atoms with Crippen molar-refractivity contribution in [2.45, 2.75) is 20.3 Å². The molecule has 0 heterocycles. The minimum Gasteiger partial charge on any atom is -0.508 e. The summed E-state index contributed by atoms with van der Waals surface area (Å²) >= 11 is 0. The lowest BCUT2D eigenvalue weighted by Gasteiger charge is -2.05. The largest absolute Gasteiger partial charge is 0.508 e.